The van der Waals surface area contributed by atoms with Crippen molar-refractivity contribution in [2.45, 2.75) is 24.9 Å². The Morgan fingerprint density at radius 1 is 1.64 bits per heavy atom. The van der Waals surface area contributed by atoms with Crippen molar-refractivity contribution in [1.29, 1.82) is 0 Å². The molecule has 2 rings (SSSR count). The molecule has 0 atom stereocenters. The number of carbonyl (C=O) groups is 1. The number of nitrogens with one attached hydrogen (secondary N) is 1. The fourth-order valence-electron chi connectivity index (χ4n) is 1.68. The van der Waals surface area contributed by atoms with Gasteiger partial charge in [0.1, 0.15) is 5.88 Å². The van der Waals surface area contributed by atoms with Gasteiger partial charge in [-0.2, -0.15) is 5.10 Å². The van der Waals surface area contributed by atoms with Crippen molar-refractivity contribution in [2.24, 2.45) is 0 Å². The van der Waals surface area contributed by atoms with E-state index in [1.54, 1.807) is 6.20 Å². The number of aromatic nitrogens is 2. The number of carbonyl (C=O) groups excluding carboxylic acids is 1. The van der Waals surface area contributed by atoms with E-state index in [1.807, 2.05) is 16.9 Å². The van der Waals surface area contributed by atoms with Crippen molar-refractivity contribution in [1.82, 2.24) is 15.1 Å². The van der Waals surface area contributed by atoms with E-state index in [2.05, 4.69) is 10.4 Å². The maximum Gasteiger partial charge on any atom is 0.235 e. The number of rotatable bonds is 3. The Kier molecular flexibility index (Phi) is 2.72. The minimum absolute atomic E-state index is 0.0446. The van der Waals surface area contributed by atoms with Gasteiger partial charge in [0.15, 0.2) is 0 Å². The first-order chi connectivity index (χ1) is 6.79. The quantitative estimate of drug-likeness (QED) is 0.760. The van der Waals surface area contributed by atoms with E-state index in [0.29, 0.717) is 6.04 Å². The number of halogens is 1. The molecule has 1 aliphatic rings. The van der Waals surface area contributed by atoms with E-state index >= 15 is 0 Å². The lowest BCUT2D eigenvalue weighted by molar-refractivity contribution is -0.120. The molecule has 4 nitrogen and oxygen atoms in total. The summed E-state index contributed by atoms with van der Waals surface area (Å²) < 4.78 is 1.93. The van der Waals surface area contributed by atoms with E-state index in [9.17, 15) is 4.79 Å². The minimum Gasteiger partial charge on any atom is -0.352 e. The third-order valence-electron chi connectivity index (χ3n) is 2.50. The van der Waals surface area contributed by atoms with Crippen LogP contribution in [0.15, 0.2) is 18.5 Å². The Hall–Kier alpha value is -1.03. The normalized spacial score (nSPS) is 25.5. The van der Waals surface area contributed by atoms with Gasteiger partial charge in [-0.25, -0.2) is 0 Å². The van der Waals surface area contributed by atoms with Gasteiger partial charge in [0.05, 0.1) is 6.04 Å². The number of amides is 1. The van der Waals surface area contributed by atoms with E-state index in [-0.39, 0.29) is 17.8 Å². The molecule has 0 bridgehead atoms. The molecule has 76 valence electrons. The highest BCUT2D eigenvalue weighted by molar-refractivity contribution is 6.27. The van der Waals surface area contributed by atoms with Gasteiger partial charge in [0, 0.05) is 18.4 Å². The highest BCUT2D eigenvalue weighted by atomic mass is 35.5. The minimum atomic E-state index is -0.0874. The van der Waals surface area contributed by atoms with Gasteiger partial charge in [-0.1, -0.05) is 0 Å². The topological polar surface area (TPSA) is 46.9 Å². The van der Waals surface area contributed by atoms with Crippen LogP contribution in [0.4, 0.5) is 0 Å². The highest BCUT2D eigenvalue weighted by Gasteiger charge is 2.31. The number of nitrogens with zero attached hydrogens (tertiary/aromatic N) is 2. The van der Waals surface area contributed by atoms with Gasteiger partial charge in [0.25, 0.3) is 0 Å². The molecule has 1 aliphatic carbocycles. The lowest BCUT2D eigenvalue weighted by atomic mass is 9.87. The summed E-state index contributed by atoms with van der Waals surface area (Å²) >= 11 is 5.38. The number of alkyl halides is 1. The summed E-state index contributed by atoms with van der Waals surface area (Å²) in [5.74, 6) is -0.0428. The first kappa shape index (κ1) is 9.52. The van der Waals surface area contributed by atoms with Crippen molar-refractivity contribution < 1.29 is 4.79 Å². The van der Waals surface area contributed by atoms with Crippen molar-refractivity contribution in [3.05, 3.63) is 18.5 Å². The van der Waals surface area contributed by atoms with Gasteiger partial charge in [-0.05, 0) is 18.9 Å². The molecule has 1 N–H and O–H groups in total. The summed E-state index contributed by atoms with van der Waals surface area (Å²) in [7, 11) is 0. The molecule has 14 heavy (non-hydrogen) atoms. The van der Waals surface area contributed by atoms with Crippen LogP contribution in [0.5, 0.6) is 0 Å². The molecule has 5 heteroatoms. The predicted molar refractivity (Wildman–Crippen MR) is 53.1 cm³/mol. The largest absolute Gasteiger partial charge is 0.352 e. The lowest BCUT2D eigenvalue weighted by Crippen LogP contribution is -2.45. The average Bonchev–Trinajstić information content (AvgIpc) is 2.62. The summed E-state index contributed by atoms with van der Waals surface area (Å²) in [6, 6.07) is 2.62. The van der Waals surface area contributed by atoms with Crippen molar-refractivity contribution in [3.8, 4) is 0 Å². The van der Waals surface area contributed by atoms with Crippen LogP contribution in [0.3, 0.4) is 0 Å². The maximum absolute atomic E-state index is 10.9. The number of hydrogen-bond donors (Lipinski definition) is 1. The molecular formula is C9H12ClN3O. The fourth-order valence-corrected chi connectivity index (χ4v) is 1.76. The standard InChI is InChI=1S/C9H12ClN3O/c10-6-9(14)12-7-4-8(5-7)13-3-1-2-11-13/h1-3,7-8H,4-6H2,(H,12,14). The first-order valence-electron chi connectivity index (χ1n) is 4.64. The second-order valence-corrected chi connectivity index (χ2v) is 3.78. The van der Waals surface area contributed by atoms with E-state index < -0.39 is 0 Å². The van der Waals surface area contributed by atoms with Gasteiger partial charge in [0.2, 0.25) is 5.91 Å². The molecule has 1 aromatic rings. The molecular weight excluding hydrogens is 202 g/mol. The van der Waals surface area contributed by atoms with E-state index in [1.165, 1.54) is 0 Å². The van der Waals surface area contributed by atoms with Crippen LogP contribution in [0.2, 0.25) is 0 Å². The highest BCUT2D eigenvalue weighted by Crippen LogP contribution is 2.31. The van der Waals surface area contributed by atoms with Crippen LogP contribution in [0.1, 0.15) is 18.9 Å². The molecule has 0 saturated heterocycles. The Bertz CT molecular complexity index is 306. The van der Waals surface area contributed by atoms with Crippen molar-refractivity contribution in [3.63, 3.8) is 0 Å². The van der Waals surface area contributed by atoms with Gasteiger partial charge in [-0.15, -0.1) is 11.6 Å². The van der Waals surface area contributed by atoms with E-state index in [0.717, 1.165) is 12.8 Å². The molecule has 0 aromatic carbocycles. The average molecular weight is 214 g/mol. The summed E-state index contributed by atoms with van der Waals surface area (Å²) in [6.07, 6.45) is 5.61. The van der Waals surface area contributed by atoms with E-state index in [4.69, 9.17) is 11.6 Å². The molecule has 1 aromatic heterocycles. The van der Waals surface area contributed by atoms with Gasteiger partial charge < -0.3 is 5.32 Å². The molecule has 0 spiro atoms. The Morgan fingerprint density at radius 2 is 2.43 bits per heavy atom. The zero-order valence-corrected chi connectivity index (χ0v) is 8.44. The van der Waals surface area contributed by atoms with Crippen LogP contribution in [0.25, 0.3) is 0 Å². The van der Waals surface area contributed by atoms with Crippen molar-refractivity contribution >= 4 is 17.5 Å². The second-order valence-electron chi connectivity index (χ2n) is 3.51. The third kappa shape index (κ3) is 1.90. The van der Waals surface area contributed by atoms with Gasteiger partial charge in [-0.3, -0.25) is 9.48 Å². The number of hydrogen-bond acceptors (Lipinski definition) is 2. The molecule has 1 heterocycles. The first-order valence-corrected chi connectivity index (χ1v) is 5.17. The van der Waals surface area contributed by atoms with Crippen LogP contribution in [-0.4, -0.2) is 27.6 Å². The molecule has 0 aliphatic heterocycles. The Labute approximate surface area is 87.2 Å². The summed E-state index contributed by atoms with van der Waals surface area (Å²) in [5.41, 5.74) is 0. The Balaban J connectivity index is 1.77. The molecule has 0 unspecified atom stereocenters. The maximum atomic E-state index is 10.9. The third-order valence-corrected chi connectivity index (χ3v) is 2.74. The van der Waals surface area contributed by atoms with Crippen molar-refractivity contribution in [2.75, 3.05) is 5.88 Å². The Morgan fingerprint density at radius 3 is 3.00 bits per heavy atom. The molecule has 0 radical (unpaired) electrons. The zero-order valence-electron chi connectivity index (χ0n) is 7.69. The molecule has 1 saturated carbocycles. The van der Waals surface area contributed by atoms with Crippen LogP contribution < -0.4 is 5.32 Å². The zero-order chi connectivity index (χ0) is 9.97. The fraction of sp³-hybridized carbons (Fsp3) is 0.556. The predicted octanol–water partition coefficient (Wildman–Crippen LogP) is 0.942. The second kappa shape index (κ2) is 4.00. The SMILES string of the molecule is O=C(CCl)NC1CC(n2cccn2)C1. The summed E-state index contributed by atoms with van der Waals surface area (Å²) in [5, 5.41) is 7.00. The summed E-state index contributed by atoms with van der Waals surface area (Å²) in [4.78, 5) is 10.9. The molecule has 1 amide bonds. The summed E-state index contributed by atoms with van der Waals surface area (Å²) in [6.45, 7) is 0. The van der Waals surface area contributed by atoms with Crippen LogP contribution >= 0.6 is 11.6 Å². The smallest absolute Gasteiger partial charge is 0.235 e. The molecule has 1 fully saturated rings. The van der Waals surface area contributed by atoms with Crippen LogP contribution in [-0.2, 0) is 4.79 Å². The monoisotopic (exact) mass is 213 g/mol. The van der Waals surface area contributed by atoms with Gasteiger partial charge >= 0.3 is 0 Å². The lowest BCUT2D eigenvalue weighted by Gasteiger charge is -2.35. The van der Waals surface area contributed by atoms with Crippen LogP contribution in [0, 0.1) is 0 Å².